The lowest BCUT2D eigenvalue weighted by Gasteiger charge is -2.09. The first-order valence-electron chi connectivity index (χ1n) is 5.00. The Hall–Kier alpha value is -0.550. The van der Waals surface area contributed by atoms with E-state index in [9.17, 15) is 4.79 Å². The first kappa shape index (κ1) is 12.5. The van der Waals surface area contributed by atoms with Crippen LogP contribution in [0.2, 0.25) is 0 Å². The largest absolute Gasteiger partial charge is 0.355 e. The zero-order valence-corrected chi connectivity index (χ0v) is 10.9. The van der Waals surface area contributed by atoms with Gasteiger partial charge >= 0.3 is 0 Å². The van der Waals surface area contributed by atoms with E-state index in [1.54, 1.807) is 11.3 Å². The maximum atomic E-state index is 11.6. The topological polar surface area (TPSA) is 42.0 Å². The Morgan fingerprint density at radius 2 is 2.47 bits per heavy atom. The Morgan fingerprint density at radius 1 is 1.73 bits per heavy atom. The Morgan fingerprint density at radius 3 is 3.00 bits per heavy atom. The standard InChI is InChI=1S/C10H16N2OS2/c1-4-5-11-9(13)8(3)15-10-12-7(2)6-14-10/h6,8H,4-5H2,1-3H3,(H,11,13)/t8-/m0/s1. The average molecular weight is 244 g/mol. The van der Waals surface area contributed by atoms with Crippen molar-refractivity contribution in [1.82, 2.24) is 10.3 Å². The molecule has 1 rings (SSSR count). The number of aryl methyl sites for hydroxylation is 1. The van der Waals surface area contributed by atoms with Crippen LogP contribution in [0.1, 0.15) is 26.0 Å². The summed E-state index contributed by atoms with van der Waals surface area (Å²) < 4.78 is 0.964. The zero-order valence-electron chi connectivity index (χ0n) is 9.24. The van der Waals surface area contributed by atoms with Crippen LogP contribution in [-0.4, -0.2) is 22.7 Å². The van der Waals surface area contributed by atoms with Gasteiger partial charge in [-0.15, -0.1) is 11.3 Å². The van der Waals surface area contributed by atoms with Crippen LogP contribution in [0.25, 0.3) is 0 Å². The summed E-state index contributed by atoms with van der Waals surface area (Å²) >= 11 is 3.11. The van der Waals surface area contributed by atoms with Gasteiger partial charge in [0.2, 0.25) is 5.91 Å². The van der Waals surface area contributed by atoms with Gasteiger partial charge in [0.1, 0.15) is 0 Å². The molecule has 1 aromatic rings. The molecule has 1 N–H and O–H groups in total. The molecule has 0 aromatic carbocycles. The molecule has 0 aliphatic carbocycles. The summed E-state index contributed by atoms with van der Waals surface area (Å²) in [5.74, 6) is 0.0923. The van der Waals surface area contributed by atoms with Crippen LogP contribution >= 0.6 is 23.1 Å². The fourth-order valence-electron chi connectivity index (χ4n) is 0.983. The first-order valence-corrected chi connectivity index (χ1v) is 6.76. The molecular formula is C10H16N2OS2. The minimum atomic E-state index is -0.0675. The van der Waals surface area contributed by atoms with Gasteiger partial charge in [-0.3, -0.25) is 4.79 Å². The molecule has 1 aromatic heterocycles. The SMILES string of the molecule is CCCNC(=O)[C@H](C)Sc1nc(C)cs1. The van der Waals surface area contributed by atoms with Crippen molar-refractivity contribution in [2.75, 3.05) is 6.54 Å². The number of nitrogens with zero attached hydrogens (tertiary/aromatic N) is 1. The summed E-state index contributed by atoms with van der Waals surface area (Å²) in [6.45, 7) is 6.66. The molecule has 0 saturated carbocycles. The number of thioether (sulfide) groups is 1. The summed E-state index contributed by atoms with van der Waals surface area (Å²) in [6.07, 6.45) is 0.972. The van der Waals surface area contributed by atoms with Crippen molar-refractivity contribution in [3.63, 3.8) is 0 Å². The number of nitrogens with one attached hydrogen (secondary N) is 1. The average Bonchev–Trinajstić information content (AvgIpc) is 2.60. The van der Waals surface area contributed by atoms with Crippen LogP contribution in [0.3, 0.4) is 0 Å². The van der Waals surface area contributed by atoms with Gasteiger partial charge in [0.15, 0.2) is 4.34 Å². The fraction of sp³-hybridized carbons (Fsp3) is 0.600. The fourth-order valence-corrected chi connectivity index (χ4v) is 2.99. The number of hydrogen-bond donors (Lipinski definition) is 1. The molecule has 84 valence electrons. The molecule has 3 nitrogen and oxygen atoms in total. The van der Waals surface area contributed by atoms with E-state index in [4.69, 9.17) is 0 Å². The summed E-state index contributed by atoms with van der Waals surface area (Å²) in [5, 5.41) is 4.81. The van der Waals surface area contributed by atoms with Crippen molar-refractivity contribution in [2.24, 2.45) is 0 Å². The molecule has 1 amide bonds. The maximum absolute atomic E-state index is 11.6. The maximum Gasteiger partial charge on any atom is 0.233 e. The molecule has 0 aliphatic rings. The van der Waals surface area contributed by atoms with E-state index in [0.717, 1.165) is 23.0 Å². The van der Waals surface area contributed by atoms with Crippen LogP contribution in [0.5, 0.6) is 0 Å². The molecule has 0 fully saturated rings. The minimum absolute atomic E-state index is 0.0675. The number of aromatic nitrogens is 1. The third-order valence-corrected chi connectivity index (χ3v) is 3.98. The van der Waals surface area contributed by atoms with Gasteiger partial charge in [0, 0.05) is 17.6 Å². The van der Waals surface area contributed by atoms with Crippen molar-refractivity contribution >= 4 is 29.0 Å². The van der Waals surface area contributed by atoms with E-state index in [1.165, 1.54) is 11.8 Å². The molecule has 0 spiro atoms. The molecule has 5 heteroatoms. The number of amides is 1. The van der Waals surface area contributed by atoms with Gasteiger partial charge in [-0.2, -0.15) is 0 Å². The lowest BCUT2D eigenvalue weighted by molar-refractivity contribution is -0.120. The molecule has 0 saturated heterocycles. The molecule has 1 heterocycles. The highest BCUT2D eigenvalue weighted by molar-refractivity contribution is 8.02. The Kier molecular flexibility index (Phi) is 5.11. The predicted molar refractivity (Wildman–Crippen MR) is 65.5 cm³/mol. The molecule has 0 radical (unpaired) electrons. The summed E-state index contributed by atoms with van der Waals surface area (Å²) in [6, 6.07) is 0. The van der Waals surface area contributed by atoms with Crippen molar-refractivity contribution in [3.8, 4) is 0 Å². The Labute approximate surface area is 98.7 Å². The highest BCUT2D eigenvalue weighted by atomic mass is 32.2. The van der Waals surface area contributed by atoms with Crippen molar-refractivity contribution in [1.29, 1.82) is 0 Å². The van der Waals surface area contributed by atoms with Crippen LogP contribution in [0.4, 0.5) is 0 Å². The lowest BCUT2D eigenvalue weighted by Crippen LogP contribution is -2.31. The third-order valence-electron chi connectivity index (χ3n) is 1.79. The Bertz CT molecular complexity index is 325. The van der Waals surface area contributed by atoms with E-state index < -0.39 is 0 Å². The summed E-state index contributed by atoms with van der Waals surface area (Å²) in [4.78, 5) is 15.9. The van der Waals surface area contributed by atoms with Crippen LogP contribution in [0.15, 0.2) is 9.72 Å². The molecular weight excluding hydrogens is 228 g/mol. The molecule has 0 bridgehead atoms. The van der Waals surface area contributed by atoms with Crippen molar-refractivity contribution < 1.29 is 4.79 Å². The van der Waals surface area contributed by atoms with E-state index in [1.807, 2.05) is 26.2 Å². The first-order chi connectivity index (χ1) is 7.13. The summed E-state index contributed by atoms with van der Waals surface area (Å²) in [7, 11) is 0. The van der Waals surface area contributed by atoms with E-state index in [-0.39, 0.29) is 11.2 Å². The minimum Gasteiger partial charge on any atom is -0.355 e. The normalized spacial score (nSPS) is 12.5. The van der Waals surface area contributed by atoms with Crippen molar-refractivity contribution in [3.05, 3.63) is 11.1 Å². The molecule has 1 atom stereocenters. The second-order valence-electron chi connectivity index (χ2n) is 3.31. The van der Waals surface area contributed by atoms with Gasteiger partial charge < -0.3 is 5.32 Å². The predicted octanol–water partition coefficient (Wildman–Crippen LogP) is 2.46. The number of carbonyl (C=O) groups is 1. The number of hydrogen-bond acceptors (Lipinski definition) is 4. The van der Waals surface area contributed by atoms with Crippen LogP contribution in [-0.2, 0) is 4.79 Å². The second kappa shape index (κ2) is 6.12. The monoisotopic (exact) mass is 244 g/mol. The highest BCUT2D eigenvalue weighted by Gasteiger charge is 2.14. The number of rotatable bonds is 5. The summed E-state index contributed by atoms with van der Waals surface area (Å²) in [5.41, 5.74) is 1.02. The van der Waals surface area contributed by atoms with E-state index >= 15 is 0 Å². The second-order valence-corrected chi connectivity index (χ2v) is 5.75. The van der Waals surface area contributed by atoms with Gasteiger partial charge in [-0.1, -0.05) is 18.7 Å². The van der Waals surface area contributed by atoms with Gasteiger partial charge in [0.25, 0.3) is 0 Å². The van der Waals surface area contributed by atoms with Gasteiger partial charge in [-0.25, -0.2) is 4.98 Å². The smallest absolute Gasteiger partial charge is 0.233 e. The molecule has 15 heavy (non-hydrogen) atoms. The highest BCUT2D eigenvalue weighted by Crippen LogP contribution is 2.26. The van der Waals surface area contributed by atoms with Crippen LogP contribution in [0, 0.1) is 6.92 Å². The Balaban J connectivity index is 2.41. The van der Waals surface area contributed by atoms with Crippen LogP contribution < -0.4 is 5.32 Å². The van der Waals surface area contributed by atoms with Gasteiger partial charge in [0.05, 0.1) is 5.25 Å². The van der Waals surface area contributed by atoms with E-state index in [2.05, 4.69) is 10.3 Å². The quantitative estimate of drug-likeness (QED) is 0.809. The van der Waals surface area contributed by atoms with Crippen molar-refractivity contribution in [2.45, 2.75) is 36.8 Å². The number of thiazole rings is 1. The molecule has 0 unspecified atom stereocenters. The molecule has 0 aliphatic heterocycles. The third kappa shape index (κ3) is 4.22. The zero-order chi connectivity index (χ0) is 11.3. The number of carbonyl (C=O) groups excluding carboxylic acids is 1. The van der Waals surface area contributed by atoms with E-state index in [0.29, 0.717) is 0 Å². The van der Waals surface area contributed by atoms with Gasteiger partial charge in [-0.05, 0) is 20.3 Å². The lowest BCUT2D eigenvalue weighted by atomic mass is 10.4.